The first-order valence-electron chi connectivity index (χ1n) is 5.31. The highest BCUT2D eigenvalue weighted by Crippen LogP contribution is 2.43. The average Bonchev–Trinajstić information content (AvgIpc) is 2.67. The lowest BCUT2D eigenvalue weighted by atomic mass is 10.1. The molecule has 0 spiro atoms. The molecule has 1 aromatic carbocycles. The van der Waals surface area contributed by atoms with E-state index in [4.69, 9.17) is 0 Å². The summed E-state index contributed by atoms with van der Waals surface area (Å²) in [6.07, 6.45) is -4.60. The predicted molar refractivity (Wildman–Crippen MR) is 70.5 cm³/mol. The number of esters is 1. The first-order chi connectivity index (χ1) is 8.84. The third kappa shape index (κ3) is 2.76. The van der Waals surface area contributed by atoms with Crippen molar-refractivity contribution >= 4 is 43.3 Å². The molecule has 0 saturated heterocycles. The standard InChI is InChI=1S/C12H8BrF3O2S/c1-2-18-11(17)10-9(12(14,15)16)7-5-6(13)3-4-8(7)19-10/h3-5H,2H2,1H3. The average molecular weight is 353 g/mol. The minimum absolute atomic E-state index is 0.00919. The Bertz CT molecular complexity index is 634. The number of carbonyl (C=O) groups excluding carboxylic acids is 1. The highest BCUT2D eigenvalue weighted by molar-refractivity contribution is 9.10. The van der Waals surface area contributed by atoms with Crippen molar-refractivity contribution in [2.24, 2.45) is 0 Å². The number of halogens is 4. The molecule has 2 rings (SSSR count). The summed E-state index contributed by atoms with van der Waals surface area (Å²) in [6, 6.07) is 4.54. The molecule has 0 aliphatic carbocycles. The number of hydrogen-bond acceptors (Lipinski definition) is 3. The van der Waals surface area contributed by atoms with Crippen molar-refractivity contribution in [3.05, 3.63) is 33.1 Å². The number of fused-ring (bicyclic) bond motifs is 1. The lowest BCUT2D eigenvalue weighted by molar-refractivity contribution is -0.136. The van der Waals surface area contributed by atoms with Gasteiger partial charge in [-0.05, 0) is 25.1 Å². The number of benzene rings is 1. The van der Waals surface area contributed by atoms with Gasteiger partial charge in [0.05, 0.1) is 12.2 Å². The molecule has 0 unspecified atom stereocenters. The van der Waals surface area contributed by atoms with Gasteiger partial charge in [0.2, 0.25) is 0 Å². The zero-order valence-electron chi connectivity index (χ0n) is 9.68. The fourth-order valence-corrected chi connectivity index (χ4v) is 3.15. The molecule has 2 nitrogen and oxygen atoms in total. The van der Waals surface area contributed by atoms with Crippen LogP contribution in [-0.4, -0.2) is 12.6 Å². The molecular formula is C12H8BrF3O2S. The van der Waals surface area contributed by atoms with E-state index in [1.807, 2.05) is 0 Å². The minimum atomic E-state index is -4.60. The van der Waals surface area contributed by atoms with E-state index in [2.05, 4.69) is 20.7 Å². The van der Waals surface area contributed by atoms with Gasteiger partial charge in [0.1, 0.15) is 4.88 Å². The summed E-state index contributed by atoms with van der Waals surface area (Å²) in [4.78, 5) is 11.2. The number of alkyl halides is 3. The fourth-order valence-electron chi connectivity index (χ4n) is 1.69. The molecule has 0 aliphatic heterocycles. The van der Waals surface area contributed by atoms with E-state index in [0.717, 1.165) is 11.3 Å². The molecule has 0 N–H and O–H groups in total. The second kappa shape index (κ2) is 5.13. The van der Waals surface area contributed by atoms with Crippen LogP contribution in [0.1, 0.15) is 22.2 Å². The van der Waals surface area contributed by atoms with Gasteiger partial charge < -0.3 is 4.74 Å². The van der Waals surface area contributed by atoms with Crippen LogP contribution in [0, 0.1) is 0 Å². The van der Waals surface area contributed by atoms with Gasteiger partial charge in [0.25, 0.3) is 0 Å². The number of ether oxygens (including phenoxy) is 1. The van der Waals surface area contributed by atoms with Gasteiger partial charge in [0, 0.05) is 14.6 Å². The van der Waals surface area contributed by atoms with Crippen molar-refractivity contribution in [1.29, 1.82) is 0 Å². The van der Waals surface area contributed by atoms with Crippen LogP contribution in [0.25, 0.3) is 10.1 Å². The van der Waals surface area contributed by atoms with Crippen LogP contribution >= 0.6 is 27.3 Å². The summed E-state index contributed by atoms with van der Waals surface area (Å²) < 4.78 is 45.0. The van der Waals surface area contributed by atoms with Crippen molar-refractivity contribution in [2.45, 2.75) is 13.1 Å². The van der Waals surface area contributed by atoms with Crippen molar-refractivity contribution in [3.63, 3.8) is 0 Å². The Morgan fingerprint density at radius 2 is 2.11 bits per heavy atom. The van der Waals surface area contributed by atoms with Gasteiger partial charge in [0.15, 0.2) is 0 Å². The molecule has 0 atom stereocenters. The summed E-state index contributed by atoms with van der Waals surface area (Å²) in [5.41, 5.74) is -0.924. The second-order valence-corrected chi connectivity index (χ2v) is 5.63. The Hall–Kier alpha value is -1.08. The topological polar surface area (TPSA) is 26.3 Å². The Morgan fingerprint density at radius 1 is 1.42 bits per heavy atom. The molecular weight excluding hydrogens is 345 g/mol. The van der Waals surface area contributed by atoms with E-state index in [9.17, 15) is 18.0 Å². The van der Waals surface area contributed by atoms with Crippen LogP contribution in [0.2, 0.25) is 0 Å². The fraction of sp³-hybridized carbons (Fsp3) is 0.250. The van der Waals surface area contributed by atoms with Crippen LogP contribution in [0.4, 0.5) is 13.2 Å². The van der Waals surface area contributed by atoms with Crippen LogP contribution in [0.3, 0.4) is 0 Å². The first-order valence-corrected chi connectivity index (χ1v) is 6.92. The number of rotatable bonds is 2. The van der Waals surface area contributed by atoms with Gasteiger partial charge in [-0.25, -0.2) is 4.79 Å². The Kier molecular flexibility index (Phi) is 3.87. The SMILES string of the molecule is CCOC(=O)c1sc2ccc(Br)cc2c1C(F)(F)F. The Balaban J connectivity index is 2.73. The second-order valence-electron chi connectivity index (χ2n) is 3.66. The van der Waals surface area contributed by atoms with Crippen molar-refractivity contribution in [1.82, 2.24) is 0 Å². The summed E-state index contributed by atoms with van der Waals surface area (Å²) in [6.45, 7) is 1.59. The lowest BCUT2D eigenvalue weighted by Gasteiger charge is -2.08. The molecule has 0 bridgehead atoms. The van der Waals surface area contributed by atoms with Gasteiger partial charge in [-0.1, -0.05) is 15.9 Å². The molecule has 0 fully saturated rings. The number of hydrogen-bond donors (Lipinski definition) is 0. The normalized spacial score (nSPS) is 11.8. The molecule has 1 aromatic heterocycles. The molecule has 0 radical (unpaired) electrons. The summed E-state index contributed by atoms with van der Waals surface area (Å²) in [7, 11) is 0. The van der Waals surface area contributed by atoms with Crippen LogP contribution in [0.5, 0.6) is 0 Å². The lowest BCUT2D eigenvalue weighted by Crippen LogP contribution is -2.12. The van der Waals surface area contributed by atoms with Gasteiger partial charge in [-0.15, -0.1) is 11.3 Å². The van der Waals surface area contributed by atoms with Crippen LogP contribution in [-0.2, 0) is 10.9 Å². The van der Waals surface area contributed by atoms with Crippen LogP contribution in [0.15, 0.2) is 22.7 Å². The van der Waals surface area contributed by atoms with E-state index in [0.29, 0.717) is 9.17 Å². The Morgan fingerprint density at radius 3 is 2.68 bits per heavy atom. The van der Waals surface area contributed by atoms with E-state index in [1.165, 1.54) is 6.07 Å². The van der Waals surface area contributed by atoms with E-state index in [-0.39, 0.29) is 12.0 Å². The smallest absolute Gasteiger partial charge is 0.418 e. The minimum Gasteiger partial charge on any atom is -0.462 e. The van der Waals surface area contributed by atoms with E-state index >= 15 is 0 Å². The van der Waals surface area contributed by atoms with Crippen LogP contribution < -0.4 is 0 Å². The predicted octanol–water partition coefficient (Wildman–Crippen LogP) is 4.86. The van der Waals surface area contributed by atoms with E-state index < -0.39 is 22.6 Å². The first kappa shape index (κ1) is 14.3. The maximum Gasteiger partial charge on any atom is 0.418 e. The summed E-state index contributed by atoms with van der Waals surface area (Å²) >= 11 is 3.92. The highest BCUT2D eigenvalue weighted by Gasteiger charge is 2.39. The highest BCUT2D eigenvalue weighted by atomic mass is 79.9. The zero-order chi connectivity index (χ0) is 14.2. The third-order valence-corrected chi connectivity index (χ3v) is 4.04. The quantitative estimate of drug-likeness (QED) is 0.721. The number of thiophene rings is 1. The van der Waals surface area contributed by atoms with Crippen molar-refractivity contribution in [2.75, 3.05) is 6.61 Å². The molecule has 0 saturated carbocycles. The molecule has 1 heterocycles. The van der Waals surface area contributed by atoms with Gasteiger partial charge >= 0.3 is 12.1 Å². The maximum absolute atomic E-state index is 13.1. The van der Waals surface area contributed by atoms with E-state index in [1.54, 1.807) is 19.1 Å². The third-order valence-electron chi connectivity index (χ3n) is 2.39. The molecule has 19 heavy (non-hydrogen) atoms. The molecule has 102 valence electrons. The molecule has 2 aromatic rings. The van der Waals surface area contributed by atoms with Gasteiger partial charge in [-0.3, -0.25) is 0 Å². The maximum atomic E-state index is 13.1. The molecule has 0 aliphatic rings. The Labute approximate surface area is 119 Å². The van der Waals surface area contributed by atoms with Gasteiger partial charge in [-0.2, -0.15) is 13.2 Å². The van der Waals surface area contributed by atoms with Crippen molar-refractivity contribution < 1.29 is 22.7 Å². The van der Waals surface area contributed by atoms with Crippen molar-refractivity contribution in [3.8, 4) is 0 Å². The summed E-state index contributed by atoms with van der Waals surface area (Å²) in [5.74, 6) is -0.938. The zero-order valence-corrected chi connectivity index (χ0v) is 12.1. The largest absolute Gasteiger partial charge is 0.462 e. The molecule has 7 heteroatoms. The molecule has 0 amide bonds. The monoisotopic (exact) mass is 352 g/mol. The number of carbonyl (C=O) groups is 1. The summed E-state index contributed by atoms with van der Waals surface area (Å²) in [5, 5.41) is 0.00919.